The molecule has 19 heavy (non-hydrogen) atoms. The molecule has 0 aromatic carbocycles. The van der Waals surface area contributed by atoms with Crippen molar-refractivity contribution in [3.63, 3.8) is 0 Å². The molecular weight excluding hydrogens is 258 g/mol. The fourth-order valence-electron chi connectivity index (χ4n) is 1.96. The number of hydrogen-bond acceptors (Lipinski definition) is 4. The number of nitrogens with one attached hydrogen (secondary N) is 1. The van der Waals surface area contributed by atoms with Crippen molar-refractivity contribution in [2.45, 2.75) is 19.8 Å². The van der Waals surface area contributed by atoms with Crippen molar-refractivity contribution in [3.05, 3.63) is 29.9 Å². The summed E-state index contributed by atoms with van der Waals surface area (Å²) >= 11 is 1.69. The zero-order chi connectivity index (χ0) is 13.1. The maximum atomic E-state index is 5.98. The first kappa shape index (κ1) is 12.2. The Balaban J connectivity index is 2.07. The highest BCUT2D eigenvalue weighted by Crippen LogP contribution is 2.37. The Morgan fingerprint density at radius 3 is 3.11 bits per heavy atom. The molecule has 3 rings (SSSR count). The van der Waals surface area contributed by atoms with E-state index in [0.717, 1.165) is 41.8 Å². The largest absolute Gasteiger partial charge is 0.492 e. The minimum Gasteiger partial charge on any atom is -0.492 e. The van der Waals surface area contributed by atoms with Crippen molar-refractivity contribution >= 4 is 22.4 Å². The predicted molar refractivity (Wildman–Crippen MR) is 77.6 cm³/mol. The molecule has 0 fully saturated rings. The number of H-pyrrole nitrogens is 1. The summed E-state index contributed by atoms with van der Waals surface area (Å²) < 4.78 is 5.98. The fraction of sp³-hybridized carbons (Fsp3) is 0.286. The van der Waals surface area contributed by atoms with Gasteiger partial charge in [-0.15, -0.1) is 11.3 Å². The first-order valence-electron chi connectivity index (χ1n) is 6.39. The molecule has 3 aromatic rings. The third kappa shape index (κ3) is 2.33. The second-order valence-electron chi connectivity index (χ2n) is 4.31. The number of unbranched alkanes of at least 4 members (excludes halogenated alkanes) is 1. The topological polar surface area (TPSA) is 50.8 Å². The van der Waals surface area contributed by atoms with E-state index in [1.807, 2.05) is 12.3 Å². The van der Waals surface area contributed by atoms with Crippen LogP contribution in [0.2, 0.25) is 0 Å². The van der Waals surface area contributed by atoms with Gasteiger partial charge in [0.15, 0.2) is 5.65 Å². The average Bonchev–Trinajstić information content (AvgIpc) is 3.10. The minimum atomic E-state index is 0.721. The van der Waals surface area contributed by atoms with Gasteiger partial charge in [-0.2, -0.15) is 5.10 Å². The van der Waals surface area contributed by atoms with Crippen LogP contribution in [0, 0.1) is 0 Å². The quantitative estimate of drug-likeness (QED) is 0.718. The van der Waals surface area contributed by atoms with Crippen molar-refractivity contribution in [2.24, 2.45) is 0 Å². The van der Waals surface area contributed by atoms with E-state index in [-0.39, 0.29) is 0 Å². The third-order valence-electron chi connectivity index (χ3n) is 2.96. The van der Waals surface area contributed by atoms with Crippen LogP contribution < -0.4 is 4.74 Å². The Bertz CT molecular complexity index is 660. The molecule has 0 aliphatic heterocycles. The average molecular weight is 273 g/mol. The molecule has 98 valence electrons. The van der Waals surface area contributed by atoms with Crippen LogP contribution in [0.25, 0.3) is 21.5 Å². The van der Waals surface area contributed by atoms with Gasteiger partial charge in [0.2, 0.25) is 0 Å². The van der Waals surface area contributed by atoms with Gasteiger partial charge in [0, 0.05) is 11.1 Å². The van der Waals surface area contributed by atoms with Crippen LogP contribution in [0.3, 0.4) is 0 Å². The molecule has 0 saturated carbocycles. The van der Waals surface area contributed by atoms with Gasteiger partial charge < -0.3 is 4.74 Å². The molecule has 0 saturated heterocycles. The molecular formula is C14H15N3OS. The van der Waals surface area contributed by atoms with Crippen LogP contribution in [-0.2, 0) is 0 Å². The van der Waals surface area contributed by atoms with Gasteiger partial charge in [0.1, 0.15) is 5.75 Å². The van der Waals surface area contributed by atoms with Crippen molar-refractivity contribution in [1.82, 2.24) is 15.2 Å². The van der Waals surface area contributed by atoms with E-state index >= 15 is 0 Å². The highest BCUT2D eigenvalue weighted by atomic mass is 32.1. The summed E-state index contributed by atoms with van der Waals surface area (Å²) in [5, 5.41) is 9.94. The molecule has 0 amide bonds. The summed E-state index contributed by atoms with van der Waals surface area (Å²) in [4.78, 5) is 5.56. The number of pyridine rings is 1. The summed E-state index contributed by atoms with van der Waals surface area (Å²) in [6.45, 7) is 2.88. The van der Waals surface area contributed by atoms with Crippen molar-refractivity contribution in [3.8, 4) is 16.2 Å². The van der Waals surface area contributed by atoms with Gasteiger partial charge in [-0.1, -0.05) is 19.4 Å². The van der Waals surface area contributed by atoms with E-state index in [4.69, 9.17) is 4.74 Å². The van der Waals surface area contributed by atoms with E-state index in [1.165, 1.54) is 4.88 Å². The molecule has 0 unspecified atom stereocenters. The highest BCUT2D eigenvalue weighted by molar-refractivity contribution is 7.13. The fourth-order valence-corrected chi connectivity index (χ4v) is 2.69. The lowest BCUT2D eigenvalue weighted by atomic mass is 10.2. The lowest BCUT2D eigenvalue weighted by Crippen LogP contribution is -1.99. The van der Waals surface area contributed by atoms with E-state index in [9.17, 15) is 0 Å². The zero-order valence-corrected chi connectivity index (χ0v) is 11.5. The molecule has 1 N–H and O–H groups in total. The summed E-state index contributed by atoms with van der Waals surface area (Å²) in [6, 6.07) is 4.12. The molecule has 0 aliphatic carbocycles. The Morgan fingerprint density at radius 1 is 1.37 bits per heavy atom. The normalized spacial score (nSPS) is 11.0. The predicted octanol–water partition coefficient (Wildman–Crippen LogP) is 3.87. The number of thiophene rings is 1. The van der Waals surface area contributed by atoms with Crippen LogP contribution >= 0.6 is 11.3 Å². The highest BCUT2D eigenvalue weighted by Gasteiger charge is 2.14. The van der Waals surface area contributed by atoms with E-state index < -0.39 is 0 Å². The molecule has 3 aromatic heterocycles. The minimum absolute atomic E-state index is 0.721. The van der Waals surface area contributed by atoms with Crippen LogP contribution in [0.5, 0.6) is 5.75 Å². The van der Waals surface area contributed by atoms with Gasteiger partial charge in [-0.05, 0) is 17.9 Å². The Kier molecular flexibility index (Phi) is 3.46. The monoisotopic (exact) mass is 273 g/mol. The summed E-state index contributed by atoms with van der Waals surface area (Å²) in [5.74, 6) is 0.884. The smallest absolute Gasteiger partial charge is 0.158 e. The molecule has 3 heterocycles. The van der Waals surface area contributed by atoms with E-state index in [0.29, 0.717) is 0 Å². The first-order valence-corrected chi connectivity index (χ1v) is 7.27. The van der Waals surface area contributed by atoms with Gasteiger partial charge in [-0.25, -0.2) is 4.98 Å². The molecule has 5 heteroatoms. The molecule has 0 spiro atoms. The van der Waals surface area contributed by atoms with Crippen molar-refractivity contribution in [1.29, 1.82) is 0 Å². The molecule has 0 bridgehead atoms. The second-order valence-corrected chi connectivity index (χ2v) is 5.26. The van der Waals surface area contributed by atoms with Crippen molar-refractivity contribution in [2.75, 3.05) is 6.61 Å². The molecule has 4 nitrogen and oxygen atoms in total. The Labute approximate surface area is 115 Å². The van der Waals surface area contributed by atoms with E-state index in [2.05, 4.69) is 33.6 Å². The van der Waals surface area contributed by atoms with Crippen molar-refractivity contribution < 1.29 is 4.74 Å². The molecule has 0 radical (unpaired) electrons. The Hall–Kier alpha value is -1.88. The van der Waals surface area contributed by atoms with Crippen LogP contribution in [0.15, 0.2) is 29.9 Å². The Morgan fingerprint density at radius 2 is 2.32 bits per heavy atom. The maximum Gasteiger partial charge on any atom is 0.158 e. The second kappa shape index (κ2) is 5.40. The van der Waals surface area contributed by atoms with Gasteiger partial charge in [0.25, 0.3) is 0 Å². The van der Waals surface area contributed by atoms with Crippen LogP contribution in [0.1, 0.15) is 19.8 Å². The number of rotatable bonds is 5. The molecule has 0 atom stereocenters. The third-order valence-corrected chi connectivity index (χ3v) is 3.87. The summed E-state index contributed by atoms with van der Waals surface area (Å²) in [5.41, 5.74) is 1.81. The van der Waals surface area contributed by atoms with E-state index in [1.54, 1.807) is 17.5 Å². The number of fused-ring (bicyclic) bond motifs is 1. The van der Waals surface area contributed by atoms with Gasteiger partial charge >= 0.3 is 0 Å². The van der Waals surface area contributed by atoms with Gasteiger partial charge in [0.05, 0.1) is 23.8 Å². The SMILES string of the molecule is CCCCOc1c(-c2cccs2)cnc2[nH]ncc12. The maximum absolute atomic E-state index is 5.98. The number of aromatic amines is 1. The first-order chi connectivity index (χ1) is 9.40. The summed E-state index contributed by atoms with van der Waals surface area (Å²) in [7, 11) is 0. The van der Waals surface area contributed by atoms with Crippen LogP contribution in [0.4, 0.5) is 0 Å². The lowest BCUT2D eigenvalue weighted by Gasteiger charge is -2.10. The number of nitrogens with zero attached hydrogens (tertiary/aromatic N) is 2. The van der Waals surface area contributed by atoms with Crippen LogP contribution in [-0.4, -0.2) is 21.8 Å². The number of ether oxygens (including phenoxy) is 1. The summed E-state index contributed by atoms with van der Waals surface area (Å²) in [6.07, 6.45) is 5.80. The molecule has 0 aliphatic rings. The standard InChI is InChI=1S/C14H15N3OS/c1-2-3-6-18-13-10(12-5-4-7-19-12)8-15-14-11(13)9-16-17-14/h4-5,7-9H,2-3,6H2,1H3,(H,15,16,17). The zero-order valence-electron chi connectivity index (χ0n) is 10.7. The number of hydrogen-bond donors (Lipinski definition) is 1. The number of aromatic nitrogens is 3. The lowest BCUT2D eigenvalue weighted by molar-refractivity contribution is 0.314. The van der Waals surface area contributed by atoms with Gasteiger partial charge in [-0.3, -0.25) is 5.10 Å².